The fraction of sp³-hybridized carbons (Fsp3) is 0.520. The number of halogens is 3. The first-order chi connectivity index (χ1) is 15.0. The van der Waals surface area contributed by atoms with Crippen molar-refractivity contribution in [1.29, 1.82) is 0 Å². The summed E-state index contributed by atoms with van der Waals surface area (Å²) >= 11 is 0. The highest BCUT2D eigenvalue weighted by Crippen LogP contribution is 2.42. The van der Waals surface area contributed by atoms with Crippen LogP contribution in [0.15, 0.2) is 36.4 Å². The minimum absolute atomic E-state index is 0.238. The van der Waals surface area contributed by atoms with Gasteiger partial charge in [0.1, 0.15) is 0 Å². The summed E-state index contributed by atoms with van der Waals surface area (Å²) in [6.45, 7) is 4.00. The van der Waals surface area contributed by atoms with Gasteiger partial charge in [-0.1, -0.05) is 51.2 Å². The first kappa shape index (κ1) is 22.0. The molecule has 0 radical (unpaired) electrons. The zero-order valence-corrected chi connectivity index (χ0v) is 18.0. The molecule has 0 fully saturated rings. The lowest BCUT2D eigenvalue weighted by Crippen LogP contribution is -2.35. The Kier molecular flexibility index (Phi) is 6.75. The van der Waals surface area contributed by atoms with Gasteiger partial charge in [-0.3, -0.25) is 4.90 Å². The van der Waals surface area contributed by atoms with Crippen molar-refractivity contribution in [2.75, 3.05) is 13.3 Å². The molecule has 2 aliphatic heterocycles. The first-order valence-corrected chi connectivity index (χ1v) is 11.3. The Labute approximate surface area is 182 Å². The average Bonchev–Trinajstić information content (AvgIpc) is 3.20. The molecule has 31 heavy (non-hydrogen) atoms. The van der Waals surface area contributed by atoms with Gasteiger partial charge in [0.05, 0.1) is 5.56 Å². The van der Waals surface area contributed by atoms with Gasteiger partial charge in [0.15, 0.2) is 11.5 Å². The Balaban J connectivity index is 1.52. The Morgan fingerprint density at radius 3 is 2.39 bits per heavy atom. The molecule has 2 heterocycles. The summed E-state index contributed by atoms with van der Waals surface area (Å²) < 4.78 is 49.9. The van der Waals surface area contributed by atoms with Gasteiger partial charge in [0.2, 0.25) is 6.79 Å². The molecule has 1 unspecified atom stereocenters. The molecule has 0 aliphatic carbocycles. The van der Waals surface area contributed by atoms with E-state index < -0.39 is 11.7 Å². The average molecular weight is 434 g/mol. The van der Waals surface area contributed by atoms with Crippen LogP contribution in [0.1, 0.15) is 73.7 Å². The highest BCUT2D eigenvalue weighted by Gasteiger charge is 2.32. The predicted octanol–water partition coefficient (Wildman–Crippen LogP) is 6.89. The SMILES string of the molecule is CCCCCCCC1c2cc3c(cc2CCN1Cc1ccc(C(F)(F)F)cc1)OCO3. The highest BCUT2D eigenvalue weighted by atomic mass is 19.4. The molecule has 6 heteroatoms. The normalized spacial score (nSPS) is 18.3. The molecule has 1 atom stereocenters. The summed E-state index contributed by atoms with van der Waals surface area (Å²) in [5, 5.41) is 0. The van der Waals surface area contributed by atoms with Crippen molar-refractivity contribution in [3.05, 3.63) is 58.7 Å². The van der Waals surface area contributed by atoms with E-state index in [0.717, 1.165) is 42.9 Å². The summed E-state index contributed by atoms with van der Waals surface area (Å²) in [6, 6.07) is 10.1. The van der Waals surface area contributed by atoms with Crippen molar-refractivity contribution in [1.82, 2.24) is 4.90 Å². The standard InChI is InChI=1S/C25H30F3NO2/c1-2-3-4-5-6-7-22-21-15-24-23(30-17-31-24)14-19(21)12-13-29(22)16-18-8-10-20(11-9-18)25(26,27)28/h8-11,14-15,22H,2-7,12-13,16-17H2,1H3. The Morgan fingerprint density at radius 1 is 0.968 bits per heavy atom. The van der Waals surface area contributed by atoms with Crippen LogP contribution in [0.5, 0.6) is 11.5 Å². The molecule has 2 aromatic rings. The van der Waals surface area contributed by atoms with Crippen LogP contribution >= 0.6 is 0 Å². The number of unbranched alkanes of at least 4 members (excludes halogenated alkanes) is 4. The van der Waals surface area contributed by atoms with E-state index >= 15 is 0 Å². The van der Waals surface area contributed by atoms with Crippen LogP contribution in [-0.2, 0) is 19.1 Å². The molecule has 2 aliphatic rings. The van der Waals surface area contributed by atoms with Gasteiger partial charge in [-0.15, -0.1) is 0 Å². The zero-order chi connectivity index (χ0) is 21.8. The molecule has 0 aromatic heterocycles. The Bertz CT molecular complexity index is 880. The minimum atomic E-state index is -4.30. The van der Waals surface area contributed by atoms with E-state index in [1.807, 2.05) is 0 Å². The van der Waals surface area contributed by atoms with E-state index in [1.54, 1.807) is 12.1 Å². The van der Waals surface area contributed by atoms with E-state index in [9.17, 15) is 13.2 Å². The molecule has 0 bridgehead atoms. The highest BCUT2D eigenvalue weighted by molar-refractivity contribution is 5.50. The number of benzene rings is 2. The van der Waals surface area contributed by atoms with Crippen LogP contribution in [0.2, 0.25) is 0 Å². The topological polar surface area (TPSA) is 21.7 Å². The first-order valence-electron chi connectivity index (χ1n) is 11.3. The second kappa shape index (κ2) is 9.51. The lowest BCUT2D eigenvalue weighted by atomic mass is 9.88. The van der Waals surface area contributed by atoms with Gasteiger partial charge in [-0.25, -0.2) is 0 Å². The lowest BCUT2D eigenvalue weighted by molar-refractivity contribution is -0.137. The van der Waals surface area contributed by atoms with Gasteiger partial charge in [0.25, 0.3) is 0 Å². The van der Waals surface area contributed by atoms with E-state index in [1.165, 1.54) is 48.9 Å². The maximum absolute atomic E-state index is 12.9. The lowest BCUT2D eigenvalue weighted by Gasteiger charge is -2.38. The third-order valence-electron chi connectivity index (χ3n) is 6.35. The second-order valence-corrected chi connectivity index (χ2v) is 8.54. The minimum Gasteiger partial charge on any atom is -0.454 e. The van der Waals surface area contributed by atoms with E-state index in [4.69, 9.17) is 9.47 Å². The second-order valence-electron chi connectivity index (χ2n) is 8.54. The van der Waals surface area contributed by atoms with Crippen molar-refractivity contribution in [3.63, 3.8) is 0 Å². The molecular formula is C25H30F3NO2. The number of ether oxygens (including phenoxy) is 2. The van der Waals surface area contributed by atoms with Crippen molar-refractivity contribution < 1.29 is 22.6 Å². The third-order valence-corrected chi connectivity index (χ3v) is 6.35. The number of hydrogen-bond acceptors (Lipinski definition) is 3. The molecule has 168 valence electrons. The molecule has 0 N–H and O–H groups in total. The van der Waals surface area contributed by atoms with Gasteiger partial charge >= 0.3 is 6.18 Å². The maximum atomic E-state index is 12.9. The van der Waals surface area contributed by atoms with Crippen molar-refractivity contribution >= 4 is 0 Å². The number of hydrogen-bond donors (Lipinski definition) is 0. The van der Waals surface area contributed by atoms with Crippen molar-refractivity contribution in [2.24, 2.45) is 0 Å². The summed E-state index contributed by atoms with van der Waals surface area (Å²) in [7, 11) is 0. The summed E-state index contributed by atoms with van der Waals surface area (Å²) in [5.41, 5.74) is 2.89. The summed E-state index contributed by atoms with van der Waals surface area (Å²) in [6.07, 6.45) is 3.71. The molecule has 2 aromatic carbocycles. The molecule has 0 amide bonds. The van der Waals surface area contributed by atoms with Gasteiger partial charge < -0.3 is 9.47 Å². The van der Waals surface area contributed by atoms with E-state index in [-0.39, 0.29) is 12.8 Å². The van der Waals surface area contributed by atoms with E-state index in [0.29, 0.717) is 6.54 Å². The number of nitrogens with zero attached hydrogens (tertiary/aromatic N) is 1. The third kappa shape index (κ3) is 5.17. The van der Waals surface area contributed by atoms with Crippen LogP contribution in [0.4, 0.5) is 13.2 Å². The van der Waals surface area contributed by atoms with Crippen LogP contribution in [-0.4, -0.2) is 18.2 Å². The smallest absolute Gasteiger partial charge is 0.416 e. The predicted molar refractivity (Wildman–Crippen MR) is 114 cm³/mol. The molecule has 0 spiro atoms. The number of rotatable bonds is 8. The van der Waals surface area contributed by atoms with Crippen LogP contribution in [0, 0.1) is 0 Å². The Morgan fingerprint density at radius 2 is 1.68 bits per heavy atom. The fourth-order valence-corrected chi connectivity index (χ4v) is 4.65. The van der Waals surface area contributed by atoms with Gasteiger partial charge in [-0.05, 0) is 53.8 Å². The zero-order valence-electron chi connectivity index (χ0n) is 18.0. The van der Waals surface area contributed by atoms with Crippen LogP contribution in [0.3, 0.4) is 0 Å². The van der Waals surface area contributed by atoms with Crippen LogP contribution in [0.25, 0.3) is 0 Å². The number of alkyl halides is 3. The fourth-order valence-electron chi connectivity index (χ4n) is 4.65. The van der Waals surface area contributed by atoms with Crippen molar-refractivity contribution in [2.45, 2.75) is 70.6 Å². The molecule has 3 nitrogen and oxygen atoms in total. The maximum Gasteiger partial charge on any atom is 0.416 e. The summed E-state index contributed by atoms with van der Waals surface area (Å²) in [5.74, 6) is 1.61. The molecular weight excluding hydrogens is 403 g/mol. The summed E-state index contributed by atoms with van der Waals surface area (Å²) in [4.78, 5) is 2.41. The quantitative estimate of drug-likeness (QED) is 0.423. The largest absolute Gasteiger partial charge is 0.454 e. The van der Waals surface area contributed by atoms with Gasteiger partial charge in [0, 0.05) is 19.1 Å². The molecule has 4 rings (SSSR count). The number of fused-ring (bicyclic) bond motifs is 2. The molecule has 0 saturated carbocycles. The monoisotopic (exact) mass is 433 g/mol. The molecule has 0 saturated heterocycles. The van der Waals surface area contributed by atoms with E-state index in [2.05, 4.69) is 24.0 Å². The van der Waals surface area contributed by atoms with Gasteiger partial charge in [-0.2, -0.15) is 13.2 Å². The Hall–Kier alpha value is -2.21. The van der Waals surface area contributed by atoms with Crippen molar-refractivity contribution in [3.8, 4) is 11.5 Å². The van der Waals surface area contributed by atoms with Crippen LogP contribution < -0.4 is 9.47 Å².